The lowest BCUT2D eigenvalue weighted by Crippen LogP contribution is -2.52. The number of carbonyl (C=O) groups excluding carboxylic acids is 2. The molecule has 3 heterocycles. The minimum absolute atomic E-state index is 0.0808. The fraction of sp³-hybridized carbons (Fsp3) is 0.393. The summed E-state index contributed by atoms with van der Waals surface area (Å²) in [5.74, 6) is -0.302. The third-order valence-corrected chi connectivity index (χ3v) is 9.28. The molecule has 0 aromatic heterocycles. The molecule has 1 spiro atoms. The zero-order valence-electron chi connectivity index (χ0n) is 22.1. The van der Waals surface area contributed by atoms with Crippen LogP contribution >= 0.6 is 23.4 Å². The van der Waals surface area contributed by atoms with E-state index in [2.05, 4.69) is 11.6 Å². The molecule has 0 atom stereocenters. The minimum Gasteiger partial charge on any atom is -0.380 e. The lowest BCUT2D eigenvalue weighted by Gasteiger charge is -2.42. The summed E-state index contributed by atoms with van der Waals surface area (Å²) in [6.45, 7) is 5.80. The van der Waals surface area contributed by atoms with Crippen molar-refractivity contribution < 1.29 is 31.9 Å². The van der Waals surface area contributed by atoms with Crippen LogP contribution < -0.4 is 4.90 Å². The van der Waals surface area contributed by atoms with E-state index in [4.69, 9.17) is 16.3 Å². The van der Waals surface area contributed by atoms with E-state index in [0.717, 1.165) is 12.1 Å². The van der Waals surface area contributed by atoms with Crippen LogP contribution in [0.5, 0.6) is 0 Å². The van der Waals surface area contributed by atoms with Crippen molar-refractivity contribution in [2.45, 2.75) is 11.1 Å². The summed E-state index contributed by atoms with van der Waals surface area (Å²) in [6, 6.07) is 4.48. The Bertz CT molecular complexity index is 1420. The molecule has 2 aromatic rings. The predicted molar refractivity (Wildman–Crippen MR) is 150 cm³/mol. The van der Waals surface area contributed by atoms with Crippen LogP contribution in [-0.2, 0) is 20.5 Å². The van der Waals surface area contributed by atoms with Crippen molar-refractivity contribution in [2.24, 2.45) is 10.4 Å². The average Bonchev–Trinajstić information content (AvgIpc) is 3.12. The van der Waals surface area contributed by atoms with Crippen molar-refractivity contribution in [1.29, 1.82) is 0 Å². The first-order chi connectivity index (χ1) is 19.5. The van der Waals surface area contributed by atoms with Gasteiger partial charge in [0.2, 0.25) is 12.3 Å². The van der Waals surface area contributed by atoms with E-state index in [1.54, 1.807) is 4.90 Å². The van der Waals surface area contributed by atoms with Crippen LogP contribution in [0.1, 0.15) is 11.1 Å². The molecule has 3 aliphatic rings. The van der Waals surface area contributed by atoms with Crippen LogP contribution in [0.2, 0.25) is 5.02 Å². The van der Waals surface area contributed by atoms with Crippen LogP contribution in [0.4, 0.5) is 23.2 Å². The molecule has 7 nitrogen and oxygen atoms in total. The maximum absolute atomic E-state index is 14.8. The highest BCUT2D eigenvalue weighted by Crippen LogP contribution is 2.52. The standard InChI is InChI=1S/C28H27ClF4N4O3S/c1-3-22(39)35-6-8-36(9-7-35)26(34-2)18-11-19(28(31,32)33)23(17-4-5-21(30)20(29)10-17)25-24(18)37(16-38)12-27(15-41-25)13-40-14-27/h3-5,10-11,16H,1,6-9,12-15H2,2H3. The molecule has 0 N–H and O–H groups in total. The summed E-state index contributed by atoms with van der Waals surface area (Å²) < 4.78 is 64.0. The van der Waals surface area contributed by atoms with E-state index >= 15 is 0 Å². The molecule has 0 radical (unpaired) electrons. The largest absolute Gasteiger partial charge is 0.417 e. The third-order valence-electron chi connectivity index (χ3n) is 7.55. The van der Waals surface area contributed by atoms with Gasteiger partial charge in [0.1, 0.15) is 11.7 Å². The Morgan fingerprint density at radius 1 is 1.17 bits per heavy atom. The summed E-state index contributed by atoms with van der Waals surface area (Å²) in [5, 5.41) is -0.314. The number of benzene rings is 2. The normalized spacial score (nSPS) is 19.0. The van der Waals surface area contributed by atoms with Gasteiger partial charge >= 0.3 is 6.18 Å². The first kappa shape index (κ1) is 29.4. The van der Waals surface area contributed by atoms with Crippen molar-refractivity contribution in [3.63, 3.8) is 0 Å². The highest BCUT2D eigenvalue weighted by molar-refractivity contribution is 7.99. The first-order valence-corrected chi connectivity index (χ1v) is 14.2. The SMILES string of the molecule is C=CC(=O)N1CCN(C(=NC)c2cc(C(F)(F)F)c(-c3ccc(F)c(Cl)c3)c3c2N(C=O)CC2(COC2)CS3)CC1. The Labute approximate surface area is 243 Å². The van der Waals surface area contributed by atoms with Gasteiger partial charge < -0.3 is 19.4 Å². The van der Waals surface area contributed by atoms with Gasteiger partial charge in [-0.05, 0) is 29.8 Å². The number of amidine groups is 1. The van der Waals surface area contributed by atoms with Gasteiger partial charge in [-0.1, -0.05) is 24.2 Å². The molecule has 218 valence electrons. The number of hydrogen-bond acceptors (Lipinski definition) is 5. The van der Waals surface area contributed by atoms with E-state index in [1.807, 2.05) is 4.90 Å². The fourth-order valence-corrected chi connectivity index (χ4v) is 7.10. The second-order valence-electron chi connectivity index (χ2n) is 10.2. The van der Waals surface area contributed by atoms with Crippen LogP contribution in [0.25, 0.3) is 11.1 Å². The number of halogens is 5. The highest BCUT2D eigenvalue weighted by Gasteiger charge is 2.46. The van der Waals surface area contributed by atoms with Gasteiger partial charge in [0.15, 0.2) is 0 Å². The lowest BCUT2D eigenvalue weighted by atomic mass is 9.87. The monoisotopic (exact) mass is 610 g/mol. The zero-order chi connectivity index (χ0) is 29.5. The number of hydrogen-bond donors (Lipinski definition) is 0. The Morgan fingerprint density at radius 2 is 1.85 bits per heavy atom. The second-order valence-corrected chi connectivity index (χ2v) is 11.6. The number of piperazine rings is 1. The smallest absolute Gasteiger partial charge is 0.380 e. The Hall–Kier alpha value is -3.09. The van der Waals surface area contributed by atoms with E-state index in [-0.39, 0.29) is 44.9 Å². The number of fused-ring (bicyclic) bond motifs is 1. The molecule has 0 unspecified atom stereocenters. The van der Waals surface area contributed by atoms with E-state index < -0.39 is 23.0 Å². The Balaban J connectivity index is 1.73. The van der Waals surface area contributed by atoms with Crippen LogP contribution in [0.3, 0.4) is 0 Å². The predicted octanol–water partition coefficient (Wildman–Crippen LogP) is 4.96. The van der Waals surface area contributed by atoms with Crippen LogP contribution in [-0.4, -0.2) is 86.7 Å². The topological polar surface area (TPSA) is 65.5 Å². The summed E-state index contributed by atoms with van der Waals surface area (Å²) in [4.78, 5) is 34.2. The number of alkyl halides is 3. The van der Waals surface area contributed by atoms with E-state index in [0.29, 0.717) is 57.2 Å². The van der Waals surface area contributed by atoms with Crippen LogP contribution in [0.15, 0.2) is 46.8 Å². The lowest BCUT2D eigenvalue weighted by molar-refractivity contribution is -0.137. The van der Waals surface area contributed by atoms with Crippen molar-refractivity contribution in [3.05, 3.63) is 58.9 Å². The number of rotatable bonds is 4. The molecule has 3 aliphatic heterocycles. The van der Waals surface area contributed by atoms with Gasteiger partial charge in [-0.2, -0.15) is 13.2 Å². The Morgan fingerprint density at radius 3 is 2.39 bits per heavy atom. The molecule has 0 aliphatic carbocycles. The first-order valence-electron chi connectivity index (χ1n) is 12.8. The van der Waals surface area contributed by atoms with Crippen LogP contribution in [0, 0.1) is 11.2 Å². The fourth-order valence-electron chi connectivity index (χ4n) is 5.47. The van der Waals surface area contributed by atoms with Crippen molar-refractivity contribution in [2.75, 3.05) is 63.6 Å². The van der Waals surface area contributed by atoms with E-state index in [9.17, 15) is 27.2 Å². The third kappa shape index (κ3) is 5.44. The van der Waals surface area contributed by atoms with Gasteiger partial charge in [-0.3, -0.25) is 14.6 Å². The molecule has 2 fully saturated rings. The number of anilines is 1. The van der Waals surface area contributed by atoms with Crippen molar-refractivity contribution in [1.82, 2.24) is 9.80 Å². The molecule has 41 heavy (non-hydrogen) atoms. The van der Waals surface area contributed by atoms with Crippen molar-refractivity contribution >= 4 is 47.2 Å². The number of carbonyl (C=O) groups is 2. The zero-order valence-corrected chi connectivity index (χ0v) is 23.7. The van der Waals surface area contributed by atoms with E-state index in [1.165, 1.54) is 41.9 Å². The molecule has 2 saturated heterocycles. The van der Waals surface area contributed by atoms with Gasteiger partial charge in [0, 0.05) is 67.0 Å². The number of amides is 2. The highest BCUT2D eigenvalue weighted by atomic mass is 35.5. The summed E-state index contributed by atoms with van der Waals surface area (Å²) >= 11 is 7.24. The Kier molecular flexibility index (Phi) is 8.10. The summed E-state index contributed by atoms with van der Waals surface area (Å²) in [5.41, 5.74) is -1.04. The number of thioether (sulfide) groups is 1. The number of aliphatic imine (C=N–C) groups is 1. The number of nitrogens with zero attached hydrogens (tertiary/aromatic N) is 4. The maximum Gasteiger partial charge on any atom is 0.417 e. The molecule has 2 aromatic carbocycles. The number of ether oxygens (including phenoxy) is 1. The summed E-state index contributed by atoms with van der Waals surface area (Å²) in [6.07, 6.45) is -2.96. The molecule has 0 bridgehead atoms. The van der Waals surface area contributed by atoms with Gasteiger partial charge in [0.25, 0.3) is 0 Å². The molecular formula is C28H27ClF4N4O3S. The van der Waals surface area contributed by atoms with Crippen molar-refractivity contribution in [3.8, 4) is 11.1 Å². The minimum atomic E-state index is -4.80. The molecule has 0 saturated carbocycles. The van der Waals surface area contributed by atoms with Gasteiger partial charge in [-0.25, -0.2) is 4.39 Å². The molecular weight excluding hydrogens is 584 g/mol. The van der Waals surface area contributed by atoms with Gasteiger partial charge in [0.05, 0.1) is 29.5 Å². The molecule has 2 amide bonds. The second kappa shape index (κ2) is 11.3. The summed E-state index contributed by atoms with van der Waals surface area (Å²) in [7, 11) is 1.49. The maximum atomic E-state index is 14.8. The quantitative estimate of drug-likeness (QED) is 0.161. The molecule has 13 heteroatoms. The molecule has 5 rings (SSSR count). The van der Waals surface area contributed by atoms with Gasteiger partial charge in [-0.15, -0.1) is 11.8 Å². The average molecular weight is 611 g/mol.